The largest absolute Gasteiger partial charge is 0.514 e. The number of nitrogens with one attached hydrogen (secondary N) is 2. The molecule has 11 heteroatoms. The number of morpholine rings is 1. The second-order valence-electron chi connectivity index (χ2n) is 8.27. The number of aliphatic hydroxyl groups is 1. The van der Waals surface area contributed by atoms with Gasteiger partial charge in [0, 0.05) is 25.2 Å². The predicted octanol–water partition coefficient (Wildman–Crippen LogP) is 3.38. The third kappa shape index (κ3) is 4.54. The molecule has 1 saturated carbocycles. The number of fused-ring (bicyclic) bond motifs is 1. The van der Waals surface area contributed by atoms with Crippen molar-refractivity contribution >= 4 is 45.4 Å². The minimum absolute atomic E-state index is 0.384. The highest BCUT2D eigenvalue weighted by atomic mass is 32.1. The highest BCUT2D eigenvalue weighted by Crippen LogP contribution is 2.32. The first kappa shape index (κ1) is 21.1. The third-order valence-electron chi connectivity index (χ3n) is 6.18. The molecule has 0 amide bonds. The van der Waals surface area contributed by atoms with E-state index >= 15 is 0 Å². The average molecular weight is 457 g/mol. The lowest BCUT2D eigenvalue weighted by atomic mass is 9.90. The van der Waals surface area contributed by atoms with E-state index in [1.54, 1.807) is 12.4 Å². The highest BCUT2D eigenvalue weighted by molar-refractivity contribution is 7.13. The van der Waals surface area contributed by atoms with Gasteiger partial charge in [-0.15, -0.1) is 0 Å². The number of hydrogen-bond donors (Lipinski definition) is 3. The van der Waals surface area contributed by atoms with Gasteiger partial charge in [0.2, 0.25) is 5.95 Å². The molecule has 0 bridgehead atoms. The Labute approximate surface area is 190 Å². The Morgan fingerprint density at radius 1 is 1.19 bits per heavy atom. The van der Waals surface area contributed by atoms with Gasteiger partial charge in [0.15, 0.2) is 4.83 Å². The molecule has 1 aliphatic carbocycles. The number of anilines is 3. The molecule has 0 aromatic carbocycles. The van der Waals surface area contributed by atoms with Crippen molar-refractivity contribution in [2.75, 3.05) is 36.9 Å². The maximum atomic E-state index is 8.91. The minimum atomic E-state index is 0.384. The third-order valence-corrected chi connectivity index (χ3v) is 7.02. The molecule has 1 saturated heterocycles. The zero-order valence-corrected chi connectivity index (χ0v) is 18.9. The minimum Gasteiger partial charge on any atom is -0.514 e. The Balaban J connectivity index is 1.31. The van der Waals surface area contributed by atoms with Gasteiger partial charge >= 0.3 is 0 Å². The van der Waals surface area contributed by atoms with Crippen molar-refractivity contribution in [3.8, 4) is 0 Å². The van der Waals surface area contributed by atoms with Gasteiger partial charge in [0.1, 0.15) is 5.82 Å². The van der Waals surface area contributed by atoms with Gasteiger partial charge in [-0.05, 0) is 44.1 Å². The molecule has 10 nitrogen and oxygen atoms in total. The van der Waals surface area contributed by atoms with Crippen LogP contribution in [0.3, 0.4) is 0 Å². The molecule has 5 rings (SSSR count). The summed E-state index contributed by atoms with van der Waals surface area (Å²) in [4.78, 5) is 12.9. The Morgan fingerprint density at radius 3 is 2.78 bits per heavy atom. The summed E-state index contributed by atoms with van der Waals surface area (Å²) < 4.78 is 11.5. The fourth-order valence-electron chi connectivity index (χ4n) is 4.55. The lowest BCUT2D eigenvalue weighted by Crippen LogP contribution is -2.46. The molecule has 0 unspecified atom stereocenters. The standard InChI is InChI=1S/C21H28N8O2S/c1-14-18-19(23-15-2-4-17(5-3-15)28-7-10-31-11-8-28)25-21(26-20(18)32-27-14)24-16-12-22-29(13-16)6-9-30/h6,9,12-13,15,17,30H,2-5,7-8,10-11H2,1H3,(H2,23,24,25,26)/b9-6+. The highest BCUT2D eigenvalue weighted by Gasteiger charge is 2.27. The molecule has 3 aromatic rings. The van der Waals surface area contributed by atoms with Gasteiger partial charge in [0.25, 0.3) is 0 Å². The van der Waals surface area contributed by atoms with Crippen LogP contribution >= 0.6 is 11.5 Å². The van der Waals surface area contributed by atoms with E-state index in [4.69, 9.17) is 14.8 Å². The quantitative estimate of drug-likeness (QED) is 0.480. The van der Waals surface area contributed by atoms with Crippen LogP contribution in [-0.2, 0) is 4.74 Å². The van der Waals surface area contributed by atoms with E-state index in [2.05, 4.69) is 30.0 Å². The number of aryl methyl sites for hydroxylation is 1. The summed E-state index contributed by atoms with van der Waals surface area (Å²) in [6, 6.07) is 1.05. The van der Waals surface area contributed by atoms with Crippen molar-refractivity contribution in [1.82, 2.24) is 29.0 Å². The number of nitrogens with zero attached hydrogens (tertiary/aromatic N) is 6. The van der Waals surface area contributed by atoms with Crippen molar-refractivity contribution in [2.45, 2.75) is 44.7 Å². The molecule has 1 aliphatic heterocycles. The first-order valence-corrected chi connectivity index (χ1v) is 11.8. The van der Waals surface area contributed by atoms with Gasteiger partial charge in [-0.3, -0.25) is 4.90 Å². The summed E-state index contributed by atoms with van der Waals surface area (Å²) in [5.41, 5.74) is 1.68. The Morgan fingerprint density at radius 2 is 2.00 bits per heavy atom. The van der Waals surface area contributed by atoms with Crippen molar-refractivity contribution in [3.05, 3.63) is 24.3 Å². The first-order chi connectivity index (χ1) is 15.7. The van der Waals surface area contributed by atoms with Crippen LogP contribution in [0.15, 0.2) is 18.7 Å². The van der Waals surface area contributed by atoms with Crippen LogP contribution < -0.4 is 10.6 Å². The molecule has 4 heterocycles. The predicted molar refractivity (Wildman–Crippen MR) is 125 cm³/mol. The Hall–Kier alpha value is -2.76. The maximum absolute atomic E-state index is 8.91. The van der Waals surface area contributed by atoms with Gasteiger partial charge < -0.3 is 20.5 Å². The van der Waals surface area contributed by atoms with Crippen molar-refractivity contribution in [3.63, 3.8) is 0 Å². The topological polar surface area (TPSA) is 113 Å². The Bertz CT molecular complexity index is 1080. The van der Waals surface area contributed by atoms with Crippen molar-refractivity contribution in [1.29, 1.82) is 0 Å². The second-order valence-corrected chi connectivity index (χ2v) is 9.03. The monoisotopic (exact) mass is 456 g/mol. The summed E-state index contributed by atoms with van der Waals surface area (Å²) in [7, 11) is 0. The molecule has 0 spiro atoms. The van der Waals surface area contributed by atoms with Crippen molar-refractivity contribution in [2.24, 2.45) is 0 Å². The molecule has 0 radical (unpaired) electrons. The van der Waals surface area contributed by atoms with Crippen LogP contribution in [0, 0.1) is 6.92 Å². The van der Waals surface area contributed by atoms with Crippen LogP contribution in [0.4, 0.5) is 17.5 Å². The molecule has 2 fully saturated rings. The van der Waals surface area contributed by atoms with Gasteiger partial charge in [-0.2, -0.15) is 19.4 Å². The summed E-state index contributed by atoms with van der Waals surface area (Å²) in [6.45, 7) is 5.81. The van der Waals surface area contributed by atoms with Crippen LogP contribution in [0.25, 0.3) is 16.4 Å². The summed E-state index contributed by atoms with van der Waals surface area (Å²) in [6.07, 6.45) is 10.4. The van der Waals surface area contributed by atoms with E-state index < -0.39 is 0 Å². The zero-order chi connectivity index (χ0) is 21.9. The van der Waals surface area contributed by atoms with E-state index in [0.717, 1.165) is 72.8 Å². The van der Waals surface area contributed by atoms with E-state index in [0.29, 0.717) is 18.0 Å². The SMILES string of the molecule is Cc1nsc2nc(Nc3cnn(/C=C/O)c3)nc(NC3CCC(N4CCOCC4)CC3)c12. The number of ether oxygens (including phenoxy) is 1. The van der Waals surface area contributed by atoms with Crippen LogP contribution in [-0.4, -0.2) is 72.5 Å². The summed E-state index contributed by atoms with van der Waals surface area (Å²) >= 11 is 1.38. The van der Waals surface area contributed by atoms with E-state index in [9.17, 15) is 0 Å². The average Bonchev–Trinajstić information content (AvgIpc) is 3.41. The molecule has 0 atom stereocenters. The molecular weight excluding hydrogens is 428 g/mol. The molecule has 2 aliphatic rings. The molecule has 3 N–H and O–H groups in total. The number of aromatic nitrogens is 5. The smallest absolute Gasteiger partial charge is 0.230 e. The van der Waals surface area contributed by atoms with Crippen LogP contribution in [0.5, 0.6) is 0 Å². The lowest BCUT2D eigenvalue weighted by Gasteiger charge is -2.39. The summed E-state index contributed by atoms with van der Waals surface area (Å²) in [5.74, 6) is 1.33. The maximum Gasteiger partial charge on any atom is 0.230 e. The van der Waals surface area contributed by atoms with Gasteiger partial charge in [-0.25, -0.2) is 4.68 Å². The van der Waals surface area contributed by atoms with Gasteiger partial charge in [0.05, 0.1) is 54.8 Å². The lowest BCUT2D eigenvalue weighted by molar-refractivity contribution is 0.00791. The fraction of sp³-hybridized carbons (Fsp3) is 0.524. The van der Waals surface area contributed by atoms with Crippen molar-refractivity contribution < 1.29 is 9.84 Å². The summed E-state index contributed by atoms with van der Waals surface area (Å²) in [5, 5.41) is 21.0. The van der Waals surface area contributed by atoms with E-state index in [1.165, 1.54) is 35.3 Å². The zero-order valence-electron chi connectivity index (χ0n) is 18.1. The number of aliphatic hydroxyl groups excluding tert-OH is 1. The van der Waals surface area contributed by atoms with E-state index in [1.807, 2.05) is 6.92 Å². The molecule has 170 valence electrons. The molecule has 3 aromatic heterocycles. The first-order valence-electron chi connectivity index (χ1n) is 11.0. The molecular formula is C21H28N8O2S. The Kier molecular flexibility index (Phi) is 6.19. The fourth-order valence-corrected chi connectivity index (χ4v) is 5.33. The van der Waals surface area contributed by atoms with Gasteiger partial charge in [-0.1, -0.05) is 0 Å². The second kappa shape index (κ2) is 9.39. The van der Waals surface area contributed by atoms with E-state index in [-0.39, 0.29) is 0 Å². The molecule has 32 heavy (non-hydrogen) atoms. The van der Waals surface area contributed by atoms with Crippen LogP contribution in [0.1, 0.15) is 31.4 Å². The normalized spacial score (nSPS) is 22.5. The number of rotatable bonds is 6. The van der Waals surface area contributed by atoms with Crippen LogP contribution in [0.2, 0.25) is 0 Å². The number of hydrogen-bond acceptors (Lipinski definition) is 10.